The van der Waals surface area contributed by atoms with Crippen LogP contribution in [0.3, 0.4) is 0 Å². The summed E-state index contributed by atoms with van der Waals surface area (Å²) in [5.41, 5.74) is 0.251. The number of halogens is 2. The summed E-state index contributed by atoms with van der Waals surface area (Å²) in [7, 11) is 0. The van der Waals surface area contributed by atoms with E-state index in [1.165, 1.54) is 0 Å². The van der Waals surface area contributed by atoms with Crippen molar-refractivity contribution in [1.29, 1.82) is 0 Å². The van der Waals surface area contributed by atoms with E-state index in [9.17, 15) is 9.59 Å². The van der Waals surface area contributed by atoms with Gasteiger partial charge >= 0.3 is 11.9 Å². The van der Waals surface area contributed by atoms with Crippen LogP contribution in [-0.2, 0) is 4.74 Å². The van der Waals surface area contributed by atoms with Crippen LogP contribution in [0.2, 0.25) is 10.0 Å². The van der Waals surface area contributed by atoms with Crippen LogP contribution in [0.5, 0.6) is 0 Å². The highest BCUT2D eigenvalue weighted by molar-refractivity contribution is 6.39. The first kappa shape index (κ1) is 17.5. The highest BCUT2D eigenvalue weighted by Gasteiger charge is 2.21. The fraction of sp³-hybridized carbons (Fsp3) is 0. The van der Waals surface area contributed by atoms with Gasteiger partial charge in [-0.1, -0.05) is 83.9 Å². The third-order valence-corrected chi connectivity index (χ3v) is 5.17. The molecule has 0 saturated carbocycles. The Morgan fingerprint density at radius 3 is 1.44 bits per heavy atom. The van der Waals surface area contributed by atoms with Gasteiger partial charge in [0, 0.05) is 10.8 Å². The van der Waals surface area contributed by atoms with Gasteiger partial charge in [-0.3, -0.25) is 0 Å². The van der Waals surface area contributed by atoms with Crippen molar-refractivity contribution in [2.24, 2.45) is 0 Å². The average molecular weight is 395 g/mol. The smallest absolute Gasteiger partial charge is 0.347 e. The maximum absolute atomic E-state index is 12.5. The maximum Gasteiger partial charge on any atom is 0.347 e. The molecule has 0 bridgehead atoms. The lowest BCUT2D eigenvalue weighted by Crippen LogP contribution is -2.14. The van der Waals surface area contributed by atoms with Crippen LogP contribution in [0.1, 0.15) is 20.7 Å². The minimum Gasteiger partial charge on any atom is -0.386 e. The second-order valence-corrected chi connectivity index (χ2v) is 6.73. The Morgan fingerprint density at radius 2 is 1.00 bits per heavy atom. The summed E-state index contributed by atoms with van der Waals surface area (Å²) < 4.78 is 5.04. The molecule has 4 aromatic rings. The molecular formula is C22H12Cl2O3. The van der Waals surface area contributed by atoms with Gasteiger partial charge in [-0.25, -0.2) is 9.59 Å². The number of carbonyl (C=O) groups excluding carboxylic acids is 2. The van der Waals surface area contributed by atoms with E-state index in [1.54, 1.807) is 36.4 Å². The van der Waals surface area contributed by atoms with Gasteiger partial charge in [0.2, 0.25) is 0 Å². The molecule has 0 saturated heterocycles. The first-order valence-corrected chi connectivity index (χ1v) is 8.93. The van der Waals surface area contributed by atoms with Gasteiger partial charge in [-0.05, 0) is 22.9 Å². The molecule has 3 nitrogen and oxygen atoms in total. The molecule has 0 aliphatic heterocycles. The van der Waals surface area contributed by atoms with Gasteiger partial charge in [0.25, 0.3) is 0 Å². The molecule has 0 radical (unpaired) electrons. The summed E-state index contributed by atoms with van der Waals surface area (Å²) in [6.07, 6.45) is 0. The van der Waals surface area contributed by atoms with Crippen molar-refractivity contribution in [3.63, 3.8) is 0 Å². The lowest BCUT2D eigenvalue weighted by molar-refractivity contribution is 0.0398. The van der Waals surface area contributed by atoms with Gasteiger partial charge in [-0.15, -0.1) is 0 Å². The molecule has 0 amide bonds. The molecule has 27 heavy (non-hydrogen) atoms. The lowest BCUT2D eigenvalue weighted by atomic mass is 10.1. The van der Waals surface area contributed by atoms with Crippen molar-refractivity contribution in [3.05, 3.63) is 94.0 Å². The summed E-state index contributed by atoms with van der Waals surface area (Å²) >= 11 is 12.7. The molecule has 0 spiro atoms. The van der Waals surface area contributed by atoms with Crippen molar-refractivity contribution >= 4 is 56.7 Å². The molecule has 4 rings (SSSR count). The van der Waals surface area contributed by atoms with Crippen LogP contribution < -0.4 is 0 Å². The first-order valence-electron chi connectivity index (χ1n) is 8.17. The molecular weight excluding hydrogens is 383 g/mol. The van der Waals surface area contributed by atoms with Gasteiger partial charge in [-0.2, -0.15) is 0 Å². The minimum atomic E-state index is -0.819. The number of esters is 2. The average Bonchev–Trinajstić information content (AvgIpc) is 2.68. The number of ether oxygens (including phenoxy) is 1. The number of benzene rings is 4. The van der Waals surface area contributed by atoms with Gasteiger partial charge < -0.3 is 4.74 Å². The summed E-state index contributed by atoms with van der Waals surface area (Å²) in [6.45, 7) is 0. The van der Waals surface area contributed by atoms with E-state index in [-0.39, 0.29) is 21.2 Å². The van der Waals surface area contributed by atoms with Crippen LogP contribution in [0.4, 0.5) is 0 Å². The third kappa shape index (κ3) is 3.16. The van der Waals surface area contributed by atoms with Crippen molar-refractivity contribution < 1.29 is 14.3 Å². The first-order chi connectivity index (χ1) is 13.1. The Labute approximate surface area is 165 Å². The molecule has 132 valence electrons. The predicted octanol–water partition coefficient (Wildman–Crippen LogP) is 6.30. The SMILES string of the molecule is O=C(OC(=O)c1ccc2ccccc2c1Cl)c1ccc2ccccc2c1Cl. The zero-order chi connectivity index (χ0) is 19.0. The van der Waals surface area contributed by atoms with Gasteiger partial charge in [0.05, 0.1) is 21.2 Å². The Balaban J connectivity index is 1.66. The van der Waals surface area contributed by atoms with Crippen LogP contribution in [-0.4, -0.2) is 11.9 Å². The van der Waals surface area contributed by atoms with Crippen LogP contribution in [0, 0.1) is 0 Å². The van der Waals surface area contributed by atoms with Gasteiger partial charge in [0.1, 0.15) is 0 Å². The lowest BCUT2D eigenvalue weighted by Gasteiger charge is -2.09. The summed E-state index contributed by atoms with van der Waals surface area (Å²) in [5.74, 6) is -1.64. The van der Waals surface area contributed by atoms with Gasteiger partial charge in [0.15, 0.2) is 0 Å². The molecule has 5 heteroatoms. The molecule has 0 N–H and O–H groups in total. The molecule has 0 heterocycles. The molecule has 0 aliphatic rings. The summed E-state index contributed by atoms with van der Waals surface area (Å²) in [4.78, 5) is 25.0. The quantitative estimate of drug-likeness (QED) is 0.296. The van der Waals surface area contributed by atoms with E-state index in [0.717, 1.165) is 10.8 Å². The number of carbonyl (C=O) groups is 2. The van der Waals surface area contributed by atoms with E-state index < -0.39 is 11.9 Å². The molecule has 4 aromatic carbocycles. The van der Waals surface area contributed by atoms with Crippen LogP contribution >= 0.6 is 23.2 Å². The fourth-order valence-corrected chi connectivity index (χ4v) is 3.60. The van der Waals surface area contributed by atoms with Crippen molar-refractivity contribution in [2.75, 3.05) is 0 Å². The van der Waals surface area contributed by atoms with Crippen molar-refractivity contribution in [3.8, 4) is 0 Å². The molecule has 0 atom stereocenters. The molecule has 0 unspecified atom stereocenters. The number of hydrogen-bond acceptors (Lipinski definition) is 3. The van der Waals surface area contributed by atoms with Crippen molar-refractivity contribution in [1.82, 2.24) is 0 Å². The van der Waals surface area contributed by atoms with Crippen LogP contribution in [0.25, 0.3) is 21.5 Å². The Morgan fingerprint density at radius 1 is 0.593 bits per heavy atom. The zero-order valence-electron chi connectivity index (χ0n) is 13.9. The highest BCUT2D eigenvalue weighted by Crippen LogP contribution is 2.30. The van der Waals surface area contributed by atoms with E-state index in [4.69, 9.17) is 27.9 Å². The predicted molar refractivity (Wildman–Crippen MR) is 108 cm³/mol. The Hall–Kier alpha value is -2.88. The zero-order valence-corrected chi connectivity index (χ0v) is 15.4. The van der Waals surface area contributed by atoms with E-state index in [2.05, 4.69) is 0 Å². The Bertz CT molecular complexity index is 1120. The second-order valence-electron chi connectivity index (χ2n) is 5.97. The van der Waals surface area contributed by atoms with E-state index >= 15 is 0 Å². The molecule has 0 aliphatic carbocycles. The summed E-state index contributed by atoms with van der Waals surface area (Å²) in [6, 6.07) is 21.4. The molecule has 0 fully saturated rings. The second kappa shape index (κ2) is 7.03. The maximum atomic E-state index is 12.5. The molecule has 0 aromatic heterocycles. The minimum absolute atomic E-state index is 0.126. The largest absolute Gasteiger partial charge is 0.386 e. The van der Waals surface area contributed by atoms with E-state index in [1.807, 2.05) is 36.4 Å². The van der Waals surface area contributed by atoms with E-state index in [0.29, 0.717) is 10.8 Å². The number of rotatable bonds is 2. The third-order valence-electron chi connectivity index (χ3n) is 4.35. The monoisotopic (exact) mass is 394 g/mol. The summed E-state index contributed by atoms with van der Waals surface area (Å²) in [5, 5.41) is 3.70. The number of fused-ring (bicyclic) bond motifs is 2. The normalized spacial score (nSPS) is 10.9. The Kier molecular flexibility index (Phi) is 4.56. The standard InChI is InChI=1S/C22H12Cl2O3/c23-19-15-7-3-1-5-13(15)9-11-17(19)21(25)27-22(26)18-12-10-14-6-2-4-8-16(14)20(18)24/h1-12H. The van der Waals surface area contributed by atoms with Crippen molar-refractivity contribution in [2.45, 2.75) is 0 Å². The topological polar surface area (TPSA) is 43.4 Å². The highest BCUT2D eigenvalue weighted by atomic mass is 35.5. The van der Waals surface area contributed by atoms with Crippen LogP contribution in [0.15, 0.2) is 72.8 Å². The number of hydrogen-bond donors (Lipinski definition) is 0. The fourth-order valence-electron chi connectivity index (χ4n) is 2.98.